The minimum absolute atomic E-state index is 0.372. The van der Waals surface area contributed by atoms with Crippen molar-refractivity contribution >= 4 is 45.8 Å². The highest BCUT2D eigenvalue weighted by Crippen LogP contribution is 2.33. The van der Waals surface area contributed by atoms with Gasteiger partial charge in [0.05, 0.1) is 11.3 Å². The average Bonchev–Trinajstić information content (AvgIpc) is 3.21. The molecule has 0 bridgehead atoms. The second kappa shape index (κ2) is 13.0. The summed E-state index contributed by atoms with van der Waals surface area (Å²) in [5.41, 5.74) is 2.55. The lowest BCUT2D eigenvalue weighted by atomic mass is 10.0. The van der Waals surface area contributed by atoms with Crippen molar-refractivity contribution in [3.63, 3.8) is 0 Å². The minimum Gasteiger partial charge on any atom is -0.354 e. The van der Waals surface area contributed by atoms with Crippen molar-refractivity contribution in [3.8, 4) is 11.3 Å². The fourth-order valence-corrected chi connectivity index (χ4v) is 4.56. The van der Waals surface area contributed by atoms with Crippen LogP contribution in [0, 0.1) is 0 Å². The molecule has 1 amide bonds. The van der Waals surface area contributed by atoms with Gasteiger partial charge >= 0.3 is 0 Å². The Morgan fingerprint density at radius 2 is 1.38 bits per heavy atom. The molecule has 0 aliphatic carbocycles. The summed E-state index contributed by atoms with van der Waals surface area (Å²) in [4.78, 5) is 32.4. The molecule has 0 unspecified atom stereocenters. The number of halogens is 2. The van der Waals surface area contributed by atoms with Crippen molar-refractivity contribution in [1.29, 1.82) is 0 Å². The number of Topliss-reactive ketones (excluding diaryl/α,β-unsaturated/α-hetero) is 1. The second-order valence-corrected chi connectivity index (χ2v) is 9.69. The lowest BCUT2D eigenvalue weighted by Gasteiger charge is -2.22. The monoisotopic (exact) mass is 500 g/mol. The molecular weight excluding hydrogens is 467 g/mol. The molecule has 1 heterocycles. The van der Waals surface area contributed by atoms with Crippen LogP contribution in [-0.4, -0.2) is 34.7 Å². The third-order valence-electron chi connectivity index (χ3n) is 6.17. The topological polar surface area (TPSA) is 53.2 Å². The molecule has 0 saturated carbocycles. The van der Waals surface area contributed by atoms with E-state index >= 15 is 0 Å². The third-order valence-corrected chi connectivity index (χ3v) is 6.65. The van der Waals surface area contributed by atoms with Crippen LogP contribution in [0.15, 0.2) is 42.5 Å². The van der Waals surface area contributed by atoms with Crippen LogP contribution in [0.3, 0.4) is 0 Å². The Hall–Kier alpha value is -2.30. The van der Waals surface area contributed by atoms with Crippen LogP contribution in [0.2, 0.25) is 10.0 Å². The van der Waals surface area contributed by atoms with Gasteiger partial charge in [-0.2, -0.15) is 0 Å². The van der Waals surface area contributed by atoms with E-state index < -0.39 is 11.7 Å². The van der Waals surface area contributed by atoms with Crippen molar-refractivity contribution in [2.24, 2.45) is 0 Å². The molecule has 0 fully saturated rings. The van der Waals surface area contributed by atoms with Gasteiger partial charge in [0.25, 0.3) is 11.7 Å². The SMILES string of the molecule is CCCCCCN(CCCCCC)C(=O)C(=O)c1c(-c2ccc(Cl)cc2)[nH]c2ccc(Cl)cc12. The van der Waals surface area contributed by atoms with Crippen molar-refractivity contribution in [2.45, 2.75) is 65.2 Å². The van der Waals surface area contributed by atoms with Gasteiger partial charge in [0.15, 0.2) is 0 Å². The zero-order valence-corrected chi connectivity index (χ0v) is 21.6. The maximum Gasteiger partial charge on any atom is 0.295 e. The van der Waals surface area contributed by atoms with Gasteiger partial charge < -0.3 is 9.88 Å². The van der Waals surface area contributed by atoms with Crippen LogP contribution >= 0.6 is 23.2 Å². The normalized spacial score (nSPS) is 11.2. The van der Waals surface area contributed by atoms with Crippen molar-refractivity contribution in [2.75, 3.05) is 13.1 Å². The number of nitrogens with zero attached hydrogens (tertiary/aromatic N) is 1. The molecule has 0 aliphatic rings. The van der Waals surface area contributed by atoms with Crippen LogP contribution in [0.5, 0.6) is 0 Å². The number of carbonyl (C=O) groups excluding carboxylic acids is 2. The third kappa shape index (κ3) is 6.64. The van der Waals surface area contributed by atoms with Crippen LogP contribution in [0.25, 0.3) is 22.2 Å². The molecule has 3 rings (SSSR count). The van der Waals surface area contributed by atoms with E-state index in [-0.39, 0.29) is 0 Å². The number of fused-ring (bicyclic) bond motifs is 1. The number of aromatic amines is 1. The number of H-pyrrole nitrogens is 1. The van der Waals surface area contributed by atoms with E-state index in [2.05, 4.69) is 18.8 Å². The van der Waals surface area contributed by atoms with E-state index in [0.717, 1.165) is 62.4 Å². The zero-order chi connectivity index (χ0) is 24.5. The van der Waals surface area contributed by atoms with Crippen molar-refractivity contribution in [3.05, 3.63) is 58.1 Å². The molecule has 6 heteroatoms. The van der Waals surface area contributed by atoms with E-state index in [1.54, 1.807) is 29.2 Å². The Labute approximate surface area is 212 Å². The molecule has 34 heavy (non-hydrogen) atoms. The number of amides is 1. The van der Waals surface area contributed by atoms with E-state index in [4.69, 9.17) is 23.2 Å². The first kappa shape index (κ1) is 26.3. The summed E-state index contributed by atoms with van der Waals surface area (Å²) >= 11 is 12.4. The highest BCUT2D eigenvalue weighted by Gasteiger charge is 2.29. The quantitative estimate of drug-likeness (QED) is 0.145. The number of ketones is 1. The summed E-state index contributed by atoms with van der Waals surface area (Å²) in [6.07, 6.45) is 8.45. The Morgan fingerprint density at radius 1 is 0.794 bits per heavy atom. The van der Waals surface area contributed by atoms with Crippen LogP contribution in [0.4, 0.5) is 0 Å². The Bertz CT molecular complexity index is 1090. The first-order valence-corrected chi connectivity index (χ1v) is 13.1. The highest BCUT2D eigenvalue weighted by molar-refractivity contribution is 6.46. The van der Waals surface area contributed by atoms with Gasteiger partial charge in [-0.25, -0.2) is 0 Å². The lowest BCUT2D eigenvalue weighted by molar-refractivity contribution is -0.126. The van der Waals surface area contributed by atoms with E-state index in [1.807, 2.05) is 18.2 Å². The largest absolute Gasteiger partial charge is 0.354 e. The van der Waals surface area contributed by atoms with Gasteiger partial charge in [-0.1, -0.05) is 87.7 Å². The summed E-state index contributed by atoms with van der Waals surface area (Å²) in [5.74, 6) is -0.937. The molecular formula is C28H34Cl2N2O2. The van der Waals surface area contributed by atoms with Crippen LogP contribution < -0.4 is 0 Å². The molecule has 0 saturated heterocycles. The summed E-state index contributed by atoms with van der Waals surface area (Å²) in [6, 6.07) is 12.6. The van der Waals surface area contributed by atoms with Crippen LogP contribution in [-0.2, 0) is 4.79 Å². The Kier molecular flexibility index (Phi) is 10.0. The van der Waals surface area contributed by atoms with Crippen LogP contribution in [0.1, 0.15) is 75.6 Å². The molecule has 182 valence electrons. The number of benzene rings is 2. The molecule has 2 aromatic carbocycles. The van der Waals surface area contributed by atoms with Gasteiger partial charge in [-0.05, 0) is 48.7 Å². The fraction of sp³-hybridized carbons (Fsp3) is 0.429. The lowest BCUT2D eigenvalue weighted by Crippen LogP contribution is -2.38. The molecule has 0 radical (unpaired) electrons. The number of hydrogen-bond donors (Lipinski definition) is 1. The second-order valence-electron chi connectivity index (χ2n) is 8.81. The van der Waals surface area contributed by atoms with Crippen molar-refractivity contribution < 1.29 is 9.59 Å². The number of nitrogens with one attached hydrogen (secondary N) is 1. The summed E-state index contributed by atoms with van der Waals surface area (Å²) in [5, 5.41) is 1.79. The Balaban J connectivity index is 1.95. The fourth-order valence-electron chi connectivity index (χ4n) is 4.26. The summed E-state index contributed by atoms with van der Waals surface area (Å²) in [6.45, 7) is 5.54. The minimum atomic E-state index is -0.496. The molecule has 1 N–H and O–H groups in total. The van der Waals surface area contributed by atoms with E-state index in [9.17, 15) is 9.59 Å². The average molecular weight is 501 g/mol. The molecule has 4 nitrogen and oxygen atoms in total. The number of aromatic nitrogens is 1. The summed E-state index contributed by atoms with van der Waals surface area (Å²) in [7, 11) is 0. The maximum absolute atomic E-state index is 13.7. The predicted molar refractivity (Wildman–Crippen MR) is 143 cm³/mol. The van der Waals surface area contributed by atoms with E-state index in [1.165, 1.54) is 0 Å². The van der Waals surface area contributed by atoms with Gasteiger partial charge in [0.2, 0.25) is 0 Å². The summed E-state index contributed by atoms with van der Waals surface area (Å²) < 4.78 is 0. The number of unbranched alkanes of at least 4 members (excludes halogenated alkanes) is 6. The first-order chi connectivity index (χ1) is 16.5. The molecule has 0 atom stereocenters. The number of rotatable bonds is 13. The predicted octanol–water partition coefficient (Wildman–Crippen LogP) is 8.31. The van der Waals surface area contributed by atoms with Gasteiger partial charge in [0.1, 0.15) is 0 Å². The maximum atomic E-state index is 13.7. The zero-order valence-electron chi connectivity index (χ0n) is 20.1. The molecule has 3 aromatic rings. The standard InChI is InChI=1S/C28H34Cl2N2O2/c1-3-5-7-9-17-32(18-10-8-6-4-2)28(34)27(33)25-23-19-22(30)15-16-24(23)31-26(25)20-11-13-21(29)14-12-20/h11-16,19,31H,3-10,17-18H2,1-2H3. The van der Waals surface area contributed by atoms with Gasteiger partial charge in [0, 0.05) is 34.0 Å². The van der Waals surface area contributed by atoms with E-state index in [0.29, 0.717) is 39.8 Å². The smallest absolute Gasteiger partial charge is 0.295 e. The van der Waals surface area contributed by atoms with Gasteiger partial charge in [-0.15, -0.1) is 0 Å². The highest BCUT2D eigenvalue weighted by atomic mass is 35.5. The van der Waals surface area contributed by atoms with Gasteiger partial charge in [-0.3, -0.25) is 9.59 Å². The van der Waals surface area contributed by atoms with Crippen molar-refractivity contribution in [1.82, 2.24) is 9.88 Å². The number of carbonyl (C=O) groups is 2. The first-order valence-electron chi connectivity index (χ1n) is 12.4. The number of hydrogen-bond acceptors (Lipinski definition) is 2. The molecule has 0 spiro atoms. The Morgan fingerprint density at radius 3 is 1.97 bits per heavy atom. The molecule has 0 aliphatic heterocycles. The molecule has 1 aromatic heterocycles.